The van der Waals surface area contributed by atoms with E-state index in [2.05, 4.69) is 0 Å². The van der Waals surface area contributed by atoms with Crippen LogP contribution in [0, 0.1) is 5.41 Å². The van der Waals surface area contributed by atoms with E-state index >= 15 is 0 Å². The molecule has 45 heavy (non-hydrogen) atoms. The van der Waals surface area contributed by atoms with Crippen LogP contribution in [0.1, 0.15) is 21.6 Å². The lowest BCUT2D eigenvalue weighted by Gasteiger charge is -2.45. The van der Waals surface area contributed by atoms with Gasteiger partial charge < -0.3 is 28.4 Å². The molecular formula is C34H34Cl3NO6S. The number of hydrogen-bond donors (Lipinski definition) is 1. The van der Waals surface area contributed by atoms with Crippen LogP contribution in [0.5, 0.6) is 0 Å². The van der Waals surface area contributed by atoms with Gasteiger partial charge in [0.05, 0.1) is 33.0 Å². The summed E-state index contributed by atoms with van der Waals surface area (Å²) in [6.07, 6.45) is -4.10. The lowest BCUT2D eigenvalue weighted by atomic mass is 9.97. The van der Waals surface area contributed by atoms with Crippen molar-refractivity contribution in [1.82, 2.24) is 0 Å². The molecule has 0 unspecified atom stereocenters. The van der Waals surface area contributed by atoms with Crippen molar-refractivity contribution in [3.63, 3.8) is 0 Å². The van der Waals surface area contributed by atoms with Gasteiger partial charge in [-0.2, -0.15) is 0 Å². The average Bonchev–Trinajstić information content (AvgIpc) is 3.57. The topological polar surface area (TPSA) is 79.2 Å². The zero-order chi connectivity index (χ0) is 31.5. The molecule has 2 heterocycles. The molecule has 1 fully saturated rings. The third-order valence-corrected chi connectivity index (χ3v) is 8.41. The molecular weight excluding hydrogens is 657 g/mol. The zero-order valence-electron chi connectivity index (χ0n) is 24.3. The first-order valence-electron chi connectivity index (χ1n) is 14.4. The summed E-state index contributed by atoms with van der Waals surface area (Å²) in [6, 6.07) is 33.4. The Morgan fingerprint density at radius 3 is 1.73 bits per heavy atom. The maximum Gasteiger partial charge on any atom is 0.265 e. The second-order valence-electron chi connectivity index (χ2n) is 10.4. The first kappa shape index (κ1) is 33.9. The molecule has 5 atom stereocenters. The number of hydrogen-bond acceptors (Lipinski definition) is 8. The third-order valence-electron chi connectivity index (χ3n) is 7.05. The molecule has 0 radical (unpaired) electrons. The van der Waals surface area contributed by atoms with E-state index in [1.165, 1.54) is 0 Å². The van der Waals surface area contributed by atoms with Gasteiger partial charge in [-0.05, 0) is 28.1 Å². The highest BCUT2D eigenvalue weighted by Crippen LogP contribution is 2.35. The highest BCUT2D eigenvalue weighted by atomic mass is 35.6. The fraction of sp³-hybridized carbons (Fsp3) is 0.324. The highest BCUT2D eigenvalue weighted by Gasteiger charge is 2.51. The van der Waals surface area contributed by atoms with Gasteiger partial charge in [-0.1, -0.05) is 132 Å². The van der Waals surface area contributed by atoms with Crippen molar-refractivity contribution in [3.05, 3.63) is 130 Å². The van der Waals surface area contributed by atoms with E-state index in [0.717, 1.165) is 21.6 Å². The maximum atomic E-state index is 8.35. The summed E-state index contributed by atoms with van der Waals surface area (Å²) in [5.41, 5.74) is 2.96. The average molecular weight is 691 g/mol. The standard InChI is InChI=1S/C34H34Cl3NO6S/c35-34(36,37)33(38)44-32-31(42-22-27-17-10-18-45-27)30(41-21-26-15-8-3-9-16-26)29(40-20-25-13-6-2-7-14-25)28(43-32)23-39-19-24-11-4-1-5-12-24/h1-18,28-32,38H,19-23H2/t28-,29-,30+,31-,32+/m1/s1. The molecule has 11 heteroatoms. The van der Waals surface area contributed by atoms with Crippen molar-refractivity contribution < 1.29 is 28.4 Å². The molecule has 1 aromatic heterocycles. The van der Waals surface area contributed by atoms with Crippen molar-refractivity contribution in [2.75, 3.05) is 6.61 Å². The Morgan fingerprint density at radius 2 is 1.20 bits per heavy atom. The number of alkyl halides is 3. The smallest absolute Gasteiger partial charge is 0.265 e. The Hall–Kier alpha value is -2.50. The summed E-state index contributed by atoms with van der Waals surface area (Å²) in [7, 11) is 0. The first-order valence-corrected chi connectivity index (χ1v) is 16.4. The minimum Gasteiger partial charge on any atom is -0.445 e. The van der Waals surface area contributed by atoms with Gasteiger partial charge in [0.15, 0.2) is 0 Å². The normalized spacial score (nSPS) is 21.8. The summed E-state index contributed by atoms with van der Waals surface area (Å²) >= 11 is 19.6. The predicted molar refractivity (Wildman–Crippen MR) is 177 cm³/mol. The van der Waals surface area contributed by atoms with Crippen LogP contribution in [0.3, 0.4) is 0 Å². The van der Waals surface area contributed by atoms with E-state index in [1.807, 2.05) is 109 Å². The van der Waals surface area contributed by atoms with E-state index in [0.29, 0.717) is 13.2 Å². The Labute approximate surface area is 282 Å². The van der Waals surface area contributed by atoms with Gasteiger partial charge in [0.25, 0.3) is 3.79 Å². The minimum absolute atomic E-state index is 0.137. The van der Waals surface area contributed by atoms with Crippen LogP contribution in [-0.4, -0.2) is 47.0 Å². The molecule has 0 spiro atoms. The Morgan fingerprint density at radius 1 is 0.667 bits per heavy atom. The number of ether oxygens (including phenoxy) is 6. The maximum absolute atomic E-state index is 8.35. The largest absolute Gasteiger partial charge is 0.445 e. The van der Waals surface area contributed by atoms with E-state index < -0.39 is 40.4 Å². The van der Waals surface area contributed by atoms with Crippen molar-refractivity contribution >= 4 is 52.0 Å². The molecule has 0 saturated carbocycles. The van der Waals surface area contributed by atoms with Gasteiger partial charge in [0.1, 0.15) is 24.4 Å². The van der Waals surface area contributed by atoms with Crippen molar-refractivity contribution in [2.24, 2.45) is 0 Å². The molecule has 7 nitrogen and oxygen atoms in total. The molecule has 0 amide bonds. The molecule has 4 aromatic rings. The second kappa shape index (κ2) is 16.9. The van der Waals surface area contributed by atoms with Crippen LogP contribution in [0.25, 0.3) is 0 Å². The summed E-state index contributed by atoms with van der Waals surface area (Å²) in [4.78, 5) is 0.988. The van der Waals surface area contributed by atoms with Crippen molar-refractivity contribution in [1.29, 1.82) is 5.41 Å². The fourth-order valence-electron chi connectivity index (χ4n) is 4.83. The third kappa shape index (κ3) is 10.2. The fourth-order valence-corrected chi connectivity index (χ4v) is 5.59. The zero-order valence-corrected chi connectivity index (χ0v) is 27.4. The minimum atomic E-state index is -2.11. The van der Waals surface area contributed by atoms with Crippen molar-refractivity contribution in [2.45, 2.75) is 60.9 Å². The van der Waals surface area contributed by atoms with Crippen LogP contribution in [0.4, 0.5) is 0 Å². The number of halogens is 3. The lowest BCUT2D eigenvalue weighted by molar-refractivity contribution is -0.313. The quantitative estimate of drug-likeness (QED) is 0.0819. The van der Waals surface area contributed by atoms with Gasteiger partial charge in [-0.25, -0.2) is 0 Å². The van der Waals surface area contributed by atoms with Gasteiger partial charge in [-0.3, -0.25) is 5.41 Å². The molecule has 5 rings (SSSR count). The van der Waals surface area contributed by atoms with Crippen LogP contribution in [0.2, 0.25) is 0 Å². The summed E-state index contributed by atoms with van der Waals surface area (Å²) in [6.45, 7) is 1.30. The molecule has 0 aliphatic carbocycles. The summed E-state index contributed by atoms with van der Waals surface area (Å²) < 4.78 is 36.0. The van der Waals surface area contributed by atoms with Crippen LogP contribution in [0.15, 0.2) is 109 Å². The second-order valence-corrected chi connectivity index (χ2v) is 13.7. The highest BCUT2D eigenvalue weighted by molar-refractivity contribution is 7.09. The predicted octanol–water partition coefficient (Wildman–Crippen LogP) is 8.11. The first-order chi connectivity index (χ1) is 21.9. The van der Waals surface area contributed by atoms with E-state index in [9.17, 15) is 0 Å². The van der Waals surface area contributed by atoms with Gasteiger partial charge >= 0.3 is 0 Å². The summed E-state index contributed by atoms with van der Waals surface area (Å²) in [5.74, 6) is -0.600. The van der Waals surface area contributed by atoms with E-state index in [4.69, 9.17) is 68.6 Å². The Bertz CT molecular complexity index is 1430. The van der Waals surface area contributed by atoms with Crippen LogP contribution < -0.4 is 0 Å². The molecule has 1 saturated heterocycles. The number of rotatable bonds is 14. The number of nitrogens with one attached hydrogen (secondary N) is 1. The number of benzene rings is 3. The van der Waals surface area contributed by atoms with E-state index in [1.54, 1.807) is 11.3 Å². The van der Waals surface area contributed by atoms with Crippen LogP contribution in [-0.2, 0) is 54.8 Å². The molecule has 238 valence electrons. The summed E-state index contributed by atoms with van der Waals surface area (Å²) in [5, 5.41) is 10.3. The number of thiophene rings is 1. The Balaban J connectivity index is 1.45. The SMILES string of the molecule is N=C(O[C@@H]1O[C@H](COCc2ccccc2)[C@@H](OCc2ccccc2)[C@H](OCc2ccccc2)[C@H]1OCc1cccs1)C(Cl)(Cl)Cl. The van der Waals surface area contributed by atoms with Gasteiger partial charge in [0.2, 0.25) is 12.2 Å². The van der Waals surface area contributed by atoms with Gasteiger partial charge in [0, 0.05) is 4.88 Å². The molecule has 3 aromatic carbocycles. The van der Waals surface area contributed by atoms with Crippen molar-refractivity contribution in [3.8, 4) is 0 Å². The molecule has 1 aliphatic rings. The molecule has 1 aliphatic heterocycles. The lowest BCUT2D eigenvalue weighted by Crippen LogP contribution is -2.62. The molecule has 1 N–H and O–H groups in total. The van der Waals surface area contributed by atoms with Crippen LogP contribution >= 0.6 is 46.1 Å². The molecule has 0 bridgehead atoms. The monoisotopic (exact) mass is 689 g/mol. The van der Waals surface area contributed by atoms with Gasteiger partial charge in [-0.15, -0.1) is 11.3 Å². The van der Waals surface area contributed by atoms with E-state index in [-0.39, 0.29) is 19.8 Å². The Kier molecular flexibility index (Phi) is 12.7.